The van der Waals surface area contributed by atoms with Gasteiger partial charge in [0, 0.05) is 62.1 Å². The molecule has 5 nitrogen and oxygen atoms in total. The van der Waals surface area contributed by atoms with Gasteiger partial charge in [-0.05, 0) is 54.5 Å². The van der Waals surface area contributed by atoms with Gasteiger partial charge < -0.3 is 14.8 Å². The summed E-state index contributed by atoms with van der Waals surface area (Å²) in [6.07, 6.45) is 0.139. The zero-order valence-corrected chi connectivity index (χ0v) is 18.4. The molecule has 1 fully saturated rings. The van der Waals surface area contributed by atoms with E-state index in [1.54, 1.807) is 17.0 Å². The van der Waals surface area contributed by atoms with Crippen LogP contribution in [0, 0.1) is 5.82 Å². The van der Waals surface area contributed by atoms with Gasteiger partial charge in [-0.25, -0.2) is 9.18 Å². The number of nitrogens with zero attached hydrogens (tertiary/aromatic N) is 3. The molecule has 0 atom stereocenters. The minimum Gasteiger partial charge on any atom is -0.336 e. The highest BCUT2D eigenvalue weighted by Gasteiger charge is 2.31. The second-order valence-corrected chi connectivity index (χ2v) is 8.62. The molecular weight excluding hydrogens is 448 g/mol. The molecule has 5 rings (SSSR count). The lowest BCUT2D eigenvalue weighted by atomic mass is 9.98. The van der Waals surface area contributed by atoms with Crippen LogP contribution in [-0.4, -0.2) is 59.7 Å². The number of nitrogens with one attached hydrogen (secondary N) is 1. The Morgan fingerprint density at radius 3 is 2.44 bits per heavy atom. The number of carbonyl (C=O) groups is 1. The van der Waals surface area contributed by atoms with E-state index in [-0.39, 0.29) is 11.8 Å². The van der Waals surface area contributed by atoms with Crippen molar-refractivity contribution in [2.75, 3.05) is 39.3 Å². The summed E-state index contributed by atoms with van der Waals surface area (Å²) in [4.78, 5) is 15.7. The first kappa shape index (κ1) is 22.5. The van der Waals surface area contributed by atoms with Gasteiger partial charge in [-0.2, -0.15) is 13.2 Å². The number of aromatic nitrogens is 1. The third-order valence-corrected chi connectivity index (χ3v) is 6.51. The summed E-state index contributed by atoms with van der Waals surface area (Å²) >= 11 is 0. The molecular formula is C25H24F4N4O. The van der Waals surface area contributed by atoms with E-state index in [0.29, 0.717) is 49.2 Å². The smallest absolute Gasteiger partial charge is 0.336 e. The van der Waals surface area contributed by atoms with Crippen molar-refractivity contribution in [1.29, 1.82) is 0 Å². The number of rotatable bonds is 5. The minimum absolute atomic E-state index is 0.0395. The Hall–Kier alpha value is -3.33. The Morgan fingerprint density at radius 1 is 1.00 bits per heavy atom. The van der Waals surface area contributed by atoms with Crippen molar-refractivity contribution >= 4 is 22.5 Å². The summed E-state index contributed by atoms with van der Waals surface area (Å²) in [7, 11) is 0. The molecule has 9 heteroatoms. The van der Waals surface area contributed by atoms with Gasteiger partial charge in [0.25, 0.3) is 0 Å². The summed E-state index contributed by atoms with van der Waals surface area (Å²) in [5.41, 5.74) is 2.36. The molecule has 3 aromatic rings. The first-order chi connectivity index (χ1) is 16.3. The van der Waals surface area contributed by atoms with Gasteiger partial charge >= 0.3 is 12.2 Å². The number of halogens is 4. The number of fused-ring (bicyclic) bond motifs is 1. The SMILES string of the molecule is O=C1NCCN1CCN1CC=C(c2cn(-c3ccc(F)cc3)c3ccc(C(F)(F)F)cc23)CC1. The molecule has 0 saturated carbocycles. The van der Waals surface area contributed by atoms with Crippen molar-refractivity contribution in [3.05, 3.63) is 71.7 Å². The first-order valence-corrected chi connectivity index (χ1v) is 11.2. The molecule has 2 aliphatic heterocycles. The van der Waals surface area contributed by atoms with Crippen LogP contribution in [0.2, 0.25) is 0 Å². The Kier molecular flexibility index (Phi) is 5.81. The highest BCUT2D eigenvalue weighted by Crippen LogP contribution is 2.37. The molecule has 0 aliphatic carbocycles. The summed E-state index contributed by atoms with van der Waals surface area (Å²) in [5.74, 6) is -0.374. The quantitative estimate of drug-likeness (QED) is 0.537. The lowest BCUT2D eigenvalue weighted by Crippen LogP contribution is -2.38. The largest absolute Gasteiger partial charge is 0.416 e. The van der Waals surface area contributed by atoms with E-state index in [2.05, 4.69) is 16.3 Å². The number of carbonyl (C=O) groups excluding carboxylic acids is 1. The van der Waals surface area contributed by atoms with E-state index in [0.717, 1.165) is 30.3 Å². The number of hydrogen-bond donors (Lipinski definition) is 1. The lowest BCUT2D eigenvalue weighted by Gasteiger charge is -2.28. The monoisotopic (exact) mass is 472 g/mol. The molecule has 2 aliphatic rings. The van der Waals surface area contributed by atoms with Gasteiger partial charge in [-0.3, -0.25) is 4.90 Å². The van der Waals surface area contributed by atoms with Gasteiger partial charge in [0.1, 0.15) is 5.82 Å². The van der Waals surface area contributed by atoms with E-state index in [1.807, 2.05) is 10.8 Å². The van der Waals surface area contributed by atoms with E-state index in [9.17, 15) is 22.4 Å². The minimum atomic E-state index is -4.44. The predicted molar refractivity (Wildman–Crippen MR) is 122 cm³/mol. The molecule has 34 heavy (non-hydrogen) atoms. The highest BCUT2D eigenvalue weighted by molar-refractivity contribution is 5.95. The standard InChI is InChI=1S/C25H24F4N4O/c26-19-2-4-20(5-3-19)33-16-22(21-15-18(25(27,28)29)1-6-23(21)33)17-7-10-31(11-8-17)13-14-32-12-9-30-24(32)34/h1-7,15-16H,8-14H2,(H,30,34). The zero-order chi connectivity index (χ0) is 23.9. The van der Waals surface area contributed by atoms with Gasteiger partial charge in [-0.1, -0.05) is 6.08 Å². The lowest BCUT2D eigenvalue weighted by molar-refractivity contribution is -0.137. The molecule has 1 saturated heterocycles. The Bertz CT molecular complexity index is 1250. The third kappa shape index (κ3) is 4.40. The van der Waals surface area contributed by atoms with Crippen LogP contribution in [0.4, 0.5) is 22.4 Å². The van der Waals surface area contributed by atoms with E-state index in [1.165, 1.54) is 24.3 Å². The molecule has 1 N–H and O–H groups in total. The predicted octanol–water partition coefficient (Wildman–Crippen LogP) is 4.90. The van der Waals surface area contributed by atoms with Crippen LogP contribution in [0.1, 0.15) is 17.5 Å². The van der Waals surface area contributed by atoms with Gasteiger partial charge in [0.05, 0.1) is 11.1 Å². The second kappa shape index (κ2) is 8.79. The number of urea groups is 1. The Morgan fingerprint density at radius 2 is 1.79 bits per heavy atom. The van der Waals surface area contributed by atoms with Crippen molar-refractivity contribution in [1.82, 2.24) is 19.7 Å². The second-order valence-electron chi connectivity index (χ2n) is 8.62. The van der Waals surface area contributed by atoms with E-state index in [4.69, 9.17) is 0 Å². The number of benzene rings is 2. The molecule has 0 unspecified atom stereocenters. The average molecular weight is 472 g/mol. The van der Waals surface area contributed by atoms with E-state index >= 15 is 0 Å². The normalized spacial score (nSPS) is 17.4. The fourth-order valence-corrected chi connectivity index (χ4v) is 4.62. The maximum Gasteiger partial charge on any atom is 0.416 e. The van der Waals surface area contributed by atoms with Gasteiger partial charge in [-0.15, -0.1) is 0 Å². The van der Waals surface area contributed by atoms with Crippen LogP contribution >= 0.6 is 0 Å². The Balaban J connectivity index is 1.45. The van der Waals surface area contributed by atoms with Crippen molar-refractivity contribution in [3.8, 4) is 5.69 Å². The third-order valence-electron chi connectivity index (χ3n) is 6.51. The molecule has 3 heterocycles. The molecule has 0 radical (unpaired) electrons. The average Bonchev–Trinajstić information content (AvgIpc) is 3.41. The van der Waals surface area contributed by atoms with Crippen molar-refractivity contribution in [2.24, 2.45) is 0 Å². The van der Waals surface area contributed by atoms with Crippen LogP contribution in [-0.2, 0) is 6.18 Å². The zero-order valence-electron chi connectivity index (χ0n) is 18.4. The number of amides is 2. The molecule has 178 valence electrons. The van der Waals surface area contributed by atoms with Crippen molar-refractivity contribution in [2.45, 2.75) is 12.6 Å². The Labute approximate surface area is 194 Å². The van der Waals surface area contributed by atoms with Crippen LogP contribution in [0.25, 0.3) is 22.2 Å². The number of alkyl halides is 3. The maximum absolute atomic E-state index is 13.5. The van der Waals surface area contributed by atoms with Crippen molar-refractivity contribution < 1.29 is 22.4 Å². The first-order valence-electron chi connectivity index (χ1n) is 11.2. The summed E-state index contributed by atoms with van der Waals surface area (Å²) in [5, 5.41) is 3.31. The van der Waals surface area contributed by atoms with Crippen molar-refractivity contribution in [3.63, 3.8) is 0 Å². The summed E-state index contributed by atoms with van der Waals surface area (Å²) in [6, 6.07) is 9.61. The number of hydrogen-bond acceptors (Lipinski definition) is 2. The summed E-state index contributed by atoms with van der Waals surface area (Å²) < 4.78 is 55.6. The van der Waals surface area contributed by atoms with Crippen LogP contribution < -0.4 is 5.32 Å². The summed E-state index contributed by atoms with van der Waals surface area (Å²) in [6.45, 7) is 4.18. The highest BCUT2D eigenvalue weighted by atomic mass is 19.4. The molecule has 0 bridgehead atoms. The maximum atomic E-state index is 13.5. The van der Waals surface area contributed by atoms with Crippen LogP contribution in [0.15, 0.2) is 54.7 Å². The molecule has 2 amide bonds. The molecule has 0 spiro atoms. The topological polar surface area (TPSA) is 40.5 Å². The van der Waals surface area contributed by atoms with E-state index < -0.39 is 11.7 Å². The van der Waals surface area contributed by atoms with Gasteiger partial charge in [0.2, 0.25) is 0 Å². The fourth-order valence-electron chi connectivity index (χ4n) is 4.62. The van der Waals surface area contributed by atoms with Crippen LogP contribution in [0.5, 0.6) is 0 Å². The molecule has 2 aromatic carbocycles. The molecule has 1 aromatic heterocycles. The van der Waals surface area contributed by atoms with Crippen LogP contribution in [0.3, 0.4) is 0 Å². The van der Waals surface area contributed by atoms with Gasteiger partial charge in [0.15, 0.2) is 0 Å². The fraction of sp³-hybridized carbons (Fsp3) is 0.320.